The van der Waals surface area contributed by atoms with Gasteiger partial charge in [-0.3, -0.25) is 4.79 Å². The average molecular weight is 456 g/mol. The van der Waals surface area contributed by atoms with Gasteiger partial charge in [-0.15, -0.1) is 0 Å². The van der Waals surface area contributed by atoms with Gasteiger partial charge in [0.15, 0.2) is 5.43 Å². The monoisotopic (exact) mass is 455 g/mol. The van der Waals surface area contributed by atoms with Crippen molar-refractivity contribution in [1.29, 1.82) is 0 Å². The van der Waals surface area contributed by atoms with Gasteiger partial charge in [0.2, 0.25) is 0 Å². The molecule has 7 heteroatoms. The second kappa shape index (κ2) is 9.31. The minimum atomic E-state index is -0.572. The molecular weight excluding hydrogens is 422 g/mol. The number of nitrogens with zero attached hydrogens (tertiary/aromatic N) is 1. The fourth-order valence-corrected chi connectivity index (χ4v) is 5.43. The normalized spacial score (nSPS) is 20.0. The van der Waals surface area contributed by atoms with Crippen LogP contribution in [0, 0.1) is 5.41 Å². The summed E-state index contributed by atoms with van der Waals surface area (Å²) in [5, 5.41) is 0. The van der Waals surface area contributed by atoms with Crippen molar-refractivity contribution in [3.05, 3.63) is 51.3 Å². The van der Waals surface area contributed by atoms with Crippen molar-refractivity contribution in [3.8, 4) is 17.0 Å². The van der Waals surface area contributed by atoms with Crippen molar-refractivity contribution in [1.82, 2.24) is 4.57 Å². The maximum atomic E-state index is 12.9. The Hall–Kier alpha value is -2.64. The van der Waals surface area contributed by atoms with E-state index in [0.29, 0.717) is 19.8 Å². The number of carbonyl (C=O) groups excluding carboxylic acids is 1. The molecule has 7 nitrogen and oxygen atoms in total. The van der Waals surface area contributed by atoms with E-state index >= 15 is 0 Å². The van der Waals surface area contributed by atoms with Crippen LogP contribution in [0.3, 0.4) is 0 Å². The quantitative estimate of drug-likeness (QED) is 0.436. The largest absolute Gasteiger partial charge is 0.496 e. The van der Waals surface area contributed by atoms with E-state index in [1.54, 1.807) is 33.4 Å². The zero-order valence-corrected chi connectivity index (χ0v) is 20.1. The SMILES string of the molecule is CCOC(=O)c1cn2c(cc1=O)-c1cc(OC)c(COCCOC)cc1[C@@H]1CCC(C)(C)[C@H]12. The number of pyridine rings is 1. The van der Waals surface area contributed by atoms with Crippen molar-refractivity contribution in [2.24, 2.45) is 5.41 Å². The lowest BCUT2D eigenvalue weighted by Gasteiger charge is -2.40. The number of benzene rings is 1. The van der Waals surface area contributed by atoms with Gasteiger partial charge in [-0.25, -0.2) is 4.79 Å². The molecule has 1 saturated carbocycles. The standard InChI is InChI=1S/C26H33NO6/c1-6-33-25(29)20-14-27-21(13-22(20)28)19-12-23(31-5)16(15-32-10-9-30-4)11-18(19)17-7-8-26(2,3)24(17)27/h11-14,17,24H,6-10,15H2,1-5H3/t17-,24-/m0/s1. The first-order valence-electron chi connectivity index (χ1n) is 11.5. The third kappa shape index (κ3) is 4.20. The predicted molar refractivity (Wildman–Crippen MR) is 125 cm³/mol. The summed E-state index contributed by atoms with van der Waals surface area (Å²) in [6, 6.07) is 5.88. The Morgan fingerprint density at radius 1 is 1.18 bits per heavy atom. The Kier molecular flexibility index (Phi) is 6.64. The van der Waals surface area contributed by atoms with Crippen LogP contribution >= 0.6 is 0 Å². The summed E-state index contributed by atoms with van der Waals surface area (Å²) in [5.41, 5.74) is 3.73. The number of rotatable bonds is 8. The maximum absolute atomic E-state index is 12.9. The van der Waals surface area contributed by atoms with Crippen LogP contribution in [0.2, 0.25) is 0 Å². The zero-order chi connectivity index (χ0) is 23.8. The van der Waals surface area contributed by atoms with Gasteiger partial charge in [-0.2, -0.15) is 0 Å². The number of methoxy groups -OCH3 is 2. The second-order valence-corrected chi connectivity index (χ2v) is 9.44. The first-order valence-corrected chi connectivity index (χ1v) is 11.5. The molecule has 2 aliphatic rings. The van der Waals surface area contributed by atoms with Gasteiger partial charge in [-0.05, 0) is 42.9 Å². The number of ether oxygens (including phenoxy) is 4. The molecule has 1 fully saturated rings. The van der Waals surface area contributed by atoms with Gasteiger partial charge in [0.25, 0.3) is 0 Å². The minimum Gasteiger partial charge on any atom is -0.496 e. The molecule has 2 heterocycles. The van der Waals surface area contributed by atoms with Crippen molar-refractivity contribution in [2.45, 2.75) is 52.2 Å². The van der Waals surface area contributed by atoms with Crippen LogP contribution in [-0.2, 0) is 20.8 Å². The van der Waals surface area contributed by atoms with Gasteiger partial charge in [0.05, 0.1) is 39.2 Å². The Morgan fingerprint density at radius 3 is 2.67 bits per heavy atom. The van der Waals surface area contributed by atoms with Crippen LogP contribution in [0.25, 0.3) is 11.3 Å². The molecule has 2 aromatic rings. The van der Waals surface area contributed by atoms with E-state index in [9.17, 15) is 9.59 Å². The number of esters is 1. The Bertz CT molecular complexity index is 1100. The molecule has 1 aromatic carbocycles. The van der Waals surface area contributed by atoms with E-state index < -0.39 is 5.97 Å². The molecule has 1 aromatic heterocycles. The van der Waals surface area contributed by atoms with Gasteiger partial charge in [0.1, 0.15) is 11.3 Å². The molecule has 4 rings (SSSR count). The van der Waals surface area contributed by atoms with Gasteiger partial charge >= 0.3 is 5.97 Å². The van der Waals surface area contributed by atoms with Crippen molar-refractivity contribution in [2.75, 3.05) is 34.0 Å². The van der Waals surface area contributed by atoms with Crippen molar-refractivity contribution >= 4 is 5.97 Å². The van der Waals surface area contributed by atoms with E-state index in [1.165, 1.54) is 5.56 Å². The van der Waals surface area contributed by atoms with Crippen LogP contribution in [0.4, 0.5) is 0 Å². The fraction of sp³-hybridized carbons (Fsp3) is 0.538. The van der Waals surface area contributed by atoms with Crippen LogP contribution < -0.4 is 10.2 Å². The second-order valence-electron chi connectivity index (χ2n) is 9.44. The third-order valence-electron chi connectivity index (χ3n) is 6.97. The number of fused-ring (bicyclic) bond motifs is 6. The van der Waals surface area contributed by atoms with Crippen molar-refractivity contribution < 1.29 is 23.7 Å². The predicted octanol–water partition coefficient (Wildman–Crippen LogP) is 4.32. The third-order valence-corrected chi connectivity index (χ3v) is 6.97. The maximum Gasteiger partial charge on any atom is 0.343 e. The number of aromatic nitrogens is 1. The van der Waals surface area contributed by atoms with E-state index in [-0.39, 0.29) is 35.0 Å². The van der Waals surface area contributed by atoms with Crippen LogP contribution in [0.1, 0.15) is 67.1 Å². The Labute approximate surface area is 194 Å². The molecule has 2 atom stereocenters. The molecule has 0 saturated heterocycles. The molecular formula is C26H33NO6. The summed E-state index contributed by atoms with van der Waals surface area (Å²) in [6.45, 7) is 7.95. The first kappa shape index (κ1) is 23.5. The molecule has 33 heavy (non-hydrogen) atoms. The highest BCUT2D eigenvalue weighted by Gasteiger charge is 2.47. The summed E-state index contributed by atoms with van der Waals surface area (Å²) in [5.74, 6) is 0.413. The summed E-state index contributed by atoms with van der Waals surface area (Å²) < 4.78 is 23.8. The van der Waals surface area contributed by atoms with E-state index in [2.05, 4.69) is 24.5 Å². The molecule has 1 aliphatic heterocycles. The molecule has 0 amide bonds. The highest BCUT2D eigenvalue weighted by Crippen LogP contribution is 2.59. The van der Waals surface area contributed by atoms with Gasteiger partial charge < -0.3 is 23.5 Å². The van der Waals surface area contributed by atoms with E-state index in [0.717, 1.165) is 35.4 Å². The topological polar surface area (TPSA) is 76.0 Å². The highest BCUT2D eigenvalue weighted by molar-refractivity contribution is 5.89. The summed E-state index contributed by atoms with van der Waals surface area (Å²) >= 11 is 0. The van der Waals surface area contributed by atoms with Gasteiger partial charge in [0, 0.05) is 42.5 Å². The van der Waals surface area contributed by atoms with Crippen LogP contribution in [0.15, 0.2) is 29.2 Å². The van der Waals surface area contributed by atoms with Gasteiger partial charge in [-0.1, -0.05) is 13.8 Å². The molecule has 178 valence electrons. The zero-order valence-electron chi connectivity index (χ0n) is 20.1. The van der Waals surface area contributed by atoms with Crippen LogP contribution in [-0.4, -0.2) is 44.6 Å². The first-order chi connectivity index (χ1) is 15.8. The lowest BCUT2D eigenvalue weighted by molar-refractivity contribution is 0.0523. The fourth-order valence-electron chi connectivity index (χ4n) is 5.43. The molecule has 0 radical (unpaired) electrons. The summed E-state index contributed by atoms with van der Waals surface area (Å²) in [7, 11) is 3.29. The average Bonchev–Trinajstić information content (AvgIpc) is 3.11. The molecule has 0 spiro atoms. The number of carbonyl (C=O) groups is 1. The molecule has 0 bridgehead atoms. The van der Waals surface area contributed by atoms with E-state index in [4.69, 9.17) is 18.9 Å². The lowest BCUT2D eigenvalue weighted by atomic mass is 9.77. The lowest BCUT2D eigenvalue weighted by Crippen LogP contribution is -2.32. The number of hydrogen-bond acceptors (Lipinski definition) is 6. The minimum absolute atomic E-state index is 0.00710. The molecule has 0 unspecified atom stereocenters. The van der Waals surface area contributed by atoms with Crippen molar-refractivity contribution in [3.63, 3.8) is 0 Å². The number of hydrogen-bond donors (Lipinski definition) is 0. The Morgan fingerprint density at radius 2 is 1.97 bits per heavy atom. The molecule has 0 N–H and O–H groups in total. The summed E-state index contributed by atoms with van der Waals surface area (Å²) in [6.07, 6.45) is 3.78. The highest BCUT2D eigenvalue weighted by atomic mass is 16.5. The smallest absolute Gasteiger partial charge is 0.343 e. The molecule has 1 aliphatic carbocycles. The van der Waals surface area contributed by atoms with E-state index in [1.807, 2.05) is 6.07 Å². The Balaban J connectivity index is 1.86. The van der Waals surface area contributed by atoms with Crippen LogP contribution in [0.5, 0.6) is 5.75 Å². The summed E-state index contributed by atoms with van der Waals surface area (Å²) in [4.78, 5) is 25.4.